The number of carboxylic acid groups (broad SMARTS) is 1. The molecule has 0 aliphatic heterocycles. The molecule has 2 heterocycles. The highest BCUT2D eigenvalue weighted by Crippen LogP contribution is 2.25. The lowest BCUT2D eigenvalue weighted by Crippen LogP contribution is -2.19. The van der Waals surface area contributed by atoms with Gasteiger partial charge in [0.25, 0.3) is 0 Å². The van der Waals surface area contributed by atoms with E-state index in [1.165, 1.54) is 55.4 Å². The molecule has 2 saturated carbocycles. The minimum atomic E-state index is -0.988. The molecule has 42 heavy (non-hydrogen) atoms. The maximum Gasteiger partial charge on any atom is 0.343 e. The number of carboxylic acids is 1. The van der Waals surface area contributed by atoms with Crippen LogP contribution in [0.25, 0.3) is 0 Å². The zero-order chi connectivity index (χ0) is 31.9. The third kappa shape index (κ3) is 13.6. The minimum absolute atomic E-state index is 0.148. The first-order valence-corrected chi connectivity index (χ1v) is 17.7. The molecule has 238 valence electrons. The number of hydrogen-bond donors (Lipinski definition) is 3. The van der Waals surface area contributed by atoms with Gasteiger partial charge in [-0.25, -0.2) is 29.5 Å². The second kappa shape index (κ2) is 23.9. The lowest BCUT2D eigenvalue weighted by Gasteiger charge is -2.15. The van der Waals surface area contributed by atoms with Gasteiger partial charge in [0.15, 0.2) is 10.3 Å². The topological polar surface area (TPSA) is 139 Å². The van der Waals surface area contributed by atoms with E-state index in [0.29, 0.717) is 46.2 Å². The number of aromatic carboxylic acids is 1. The molecule has 0 atom stereocenters. The van der Waals surface area contributed by atoms with Crippen LogP contribution >= 0.6 is 23.5 Å². The molecular formula is C30H52N6O4S2. The van der Waals surface area contributed by atoms with E-state index in [0.717, 1.165) is 25.7 Å². The van der Waals surface area contributed by atoms with Gasteiger partial charge in [0.2, 0.25) is 0 Å². The first-order chi connectivity index (χ1) is 20.4. The van der Waals surface area contributed by atoms with E-state index in [9.17, 15) is 9.59 Å². The predicted molar refractivity (Wildman–Crippen MR) is 176 cm³/mol. The van der Waals surface area contributed by atoms with Crippen molar-refractivity contribution in [2.45, 2.75) is 122 Å². The van der Waals surface area contributed by atoms with E-state index in [2.05, 4.69) is 30.6 Å². The first kappa shape index (κ1) is 39.4. The summed E-state index contributed by atoms with van der Waals surface area (Å²) in [4.78, 5) is 39.7. The van der Waals surface area contributed by atoms with Crippen LogP contribution in [0.1, 0.15) is 121 Å². The molecule has 0 amide bonds. The SMILES string of the molecule is CC.CC.CC.CCOC(=O)c1cnc(SC)nc1NC1CCCC1.CSc1ncc(C(=O)O)c(NC2CCCC2)n1. The number of nitrogens with zero attached hydrogens (tertiary/aromatic N) is 4. The Bertz CT molecular complexity index is 1030. The molecule has 2 aromatic rings. The monoisotopic (exact) mass is 624 g/mol. The smallest absolute Gasteiger partial charge is 0.343 e. The van der Waals surface area contributed by atoms with Crippen LogP contribution in [0.15, 0.2) is 22.7 Å². The molecule has 0 saturated heterocycles. The number of carbonyl (C=O) groups is 2. The summed E-state index contributed by atoms with van der Waals surface area (Å²) in [6.45, 7) is 14.1. The Hall–Kier alpha value is -2.60. The van der Waals surface area contributed by atoms with E-state index in [1.807, 2.05) is 54.1 Å². The molecule has 4 rings (SSSR count). The Morgan fingerprint density at radius 1 is 0.786 bits per heavy atom. The van der Waals surface area contributed by atoms with Crippen LogP contribution in [-0.2, 0) is 4.74 Å². The average Bonchev–Trinajstić information content (AvgIpc) is 3.75. The standard InChI is InChI=1S/C13H19N3O2S.C11H15N3O2S.3C2H6/c1-3-18-12(17)10-8-14-13(19-2)16-11(10)15-9-6-4-5-7-9;1-17-11-12-6-8(10(15)16)9(14-11)13-7-4-2-3-5-7;3*1-2/h8-9H,3-7H2,1-2H3,(H,14,15,16);6-7H,2-5H2,1H3,(H,15,16)(H,12,13,14);3*1-2H3. The quantitative estimate of drug-likeness (QED) is 0.141. The van der Waals surface area contributed by atoms with Crippen molar-refractivity contribution in [1.82, 2.24) is 19.9 Å². The maximum absolute atomic E-state index is 11.9. The van der Waals surface area contributed by atoms with Crippen LogP contribution in [0.2, 0.25) is 0 Å². The normalized spacial score (nSPS) is 13.9. The van der Waals surface area contributed by atoms with Gasteiger partial charge in [0.1, 0.15) is 22.8 Å². The number of carbonyl (C=O) groups excluding carboxylic acids is 1. The number of anilines is 2. The number of thioether (sulfide) groups is 2. The second-order valence-corrected chi connectivity index (χ2v) is 10.1. The zero-order valence-electron chi connectivity index (χ0n) is 27.0. The summed E-state index contributed by atoms with van der Waals surface area (Å²) in [7, 11) is 0. The van der Waals surface area contributed by atoms with Gasteiger partial charge in [-0.15, -0.1) is 0 Å². The molecule has 0 aromatic carbocycles. The van der Waals surface area contributed by atoms with Crippen LogP contribution in [0, 0.1) is 0 Å². The van der Waals surface area contributed by atoms with Crippen LogP contribution in [0.4, 0.5) is 11.6 Å². The molecule has 2 aliphatic carbocycles. The number of nitrogens with one attached hydrogen (secondary N) is 2. The third-order valence-corrected chi connectivity index (χ3v) is 7.14. The van der Waals surface area contributed by atoms with Crippen molar-refractivity contribution < 1.29 is 19.4 Å². The summed E-state index contributed by atoms with van der Waals surface area (Å²) in [6.07, 6.45) is 16.0. The van der Waals surface area contributed by atoms with Gasteiger partial charge >= 0.3 is 11.9 Å². The molecule has 12 heteroatoms. The molecule has 0 spiro atoms. The van der Waals surface area contributed by atoms with Gasteiger partial charge in [-0.3, -0.25) is 0 Å². The number of hydrogen-bond acceptors (Lipinski definition) is 11. The van der Waals surface area contributed by atoms with Gasteiger partial charge in [0, 0.05) is 24.5 Å². The number of esters is 1. The molecule has 2 fully saturated rings. The fourth-order valence-corrected chi connectivity index (χ4v) is 4.87. The summed E-state index contributed by atoms with van der Waals surface area (Å²) < 4.78 is 5.04. The summed E-state index contributed by atoms with van der Waals surface area (Å²) in [5, 5.41) is 16.9. The first-order valence-electron chi connectivity index (χ1n) is 15.2. The van der Waals surface area contributed by atoms with Crippen molar-refractivity contribution in [2.24, 2.45) is 0 Å². The van der Waals surface area contributed by atoms with Crippen molar-refractivity contribution in [3.8, 4) is 0 Å². The van der Waals surface area contributed by atoms with E-state index >= 15 is 0 Å². The van der Waals surface area contributed by atoms with Crippen LogP contribution in [0.3, 0.4) is 0 Å². The summed E-state index contributed by atoms with van der Waals surface area (Å²) in [6, 6.07) is 0.746. The van der Waals surface area contributed by atoms with Gasteiger partial charge in [-0.05, 0) is 45.1 Å². The Labute approximate surface area is 261 Å². The van der Waals surface area contributed by atoms with Crippen molar-refractivity contribution >= 4 is 47.1 Å². The van der Waals surface area contributed by atoms with Crippen LogP contribution < -0.4 is 10.6 Å². The van der Waals surface area contributed by atoms with Crippen molar-refractivity contribution in [3.63, 3.8) is 0 Å². The molecule has 10 nitrogen and oxygen atoms in total. The fraction of sp³-hybridized carbons (Fsp3) is 0.667. The Morgan fingerprint density at radius 2 is 1.17 bits per heavy atom. The zero-order valence-corrected chi connectivity index (χ0v) is 28.6. The molecule has 2 aliphatic rings. The van der Waals surface area contributed by atoms with E-state index in [-0.39, 0.29) is 11.5 Å². The Kier molecular flexibility index (Phi) is 22.4. The predicted octanol–water partition coefficient (Wildman–Crippen LogP) is 8.06. The Balaban J connectivity index is 0.000000682. The molecule has 0 radical (unpaired) electrons. The highest BCUT2D eigenvalue weighted by atomic mass is 32.2. The van der Waals surface area contributed by atoms with Crippen LogP contribution in [0.5, 0.6) is 0 Å². The molecule has 0 unspecified atom stereocenters. The number of rotatable bonds is 9. The van der Waals surface area contributed by atoms with Gasteiger partial charge in [0.05, 0.1) is 6.61 Å². The van der Waals surface area contributed by atoms with Gasteiger partial charge in [-0.2, -0.15) is 0 Å². The second-order valence-electron chi connectivity index (χ2n) is 8.52. The molecular weight excluding hydrogens is 573 g/mol. The number of ether oxygens (including phenoxy) is 1. The largest absolute Gasteiger partial charge is 0.477 e. The van der Waals surface area contributed by atoms with E-state index in [1.54, 1.807) is 13.1 Å². The van der Waals surface area contributed by atoms with Gasteiger partial charge in [-0.1, -0.05) is 90.7 Å². The lowest BCUT2D eigenvalue weighted by molar-refractivity contribution is 0.0525. The van der Waals surface area contributed by atoms with Gasteiger partial charge < -0.3 is 20.5 Å². The summed E-state index contributed by atoms with van der Waals surface area (Å²) >= 11 is 2.87. The average molecular weight is 625 g/mol. The highest BCUT2D eigenvalue weighted by Gasteiger charge is 2.21. The third-order valence-electron chi connectivity index (χ3n) is 6.02. The summed E-state index contributed by atoms with van der Waals surface area (Å²) in [5.41, 5.74) is 0.571. The highest BCUT2D eigenvalue weighted by molar-refractivity contribution is 7.98. The molecule has 2 aromatic heterocycles. The van der Waals surface area contributed by atoms with E-state index in [4.69, 9.17) is 9.84 Å². The Morgan fingerprint density at radius 3 is 1.52 bits per heavy atom. The van der Waals surface area contributed by atoms with Crippen LogP contribution in [-0.4, -0.2) is 68.2 Å². The lowest BCUT2D eigenvalue weighted by atomic mass is 10.2. The van der Waals surface area contributed by atoms with E-state index < -0.39 is 5.97 Å². The maximum atomic E-state index is 11.9. The van der Waals surface area contributed by atoms with Crippen molar-refractivity contribution in [3.05, 3.63) is 23.5 Å². The van der Waals surface area contributed by atoms with Crippen molar-refractivity contribution in [1.29, 1.82) is 0 Å². The fourth-order valence-electron chi connectivity index (χ4n) is 4.19. The molecule has 3 N–H and O–H groups in total. The number of aromatic nitrogens is 4. The minimum Gasteiger partial charge on any atom is -0.477 e. The van der Waals surface area contributed by atoms with Crippen molar-refractivity contribution in [2.75, 3.05) is 29.8 Å². The summed E-state index contributed by atoms with van der Waals surface area (Å²) in [5.74, 6) is -0.303. The molecule has 0 bridgehead atoms.